The summed E-state index contributed by atoms with van der Waals surface area (Å²) in [5.74, 6) is -2.75. The monoisotopic (exact) mass is 614 g/mol. The number of hydrogen-bond acceptors (Lipinski definition) is 6. The Bertz CT molecular complexity index is 1950. The van der Waals surface area contributed by atoms with E-state index in [2.05, 4.69) is 10.1 Å². The first-order valence-corrected chi connectivity index (χ1v) is 14.1. The first-order valence-electron chi connectivity index (χ1n) is 12.4. The van der Waals surface area contributed by atoms with Gasteiger partial charge in [0.15, 0.2) is 5.65 Å². The molecule has 6 rings (SSSR count). The maximum atomic E-state index is 15.6. The van der Waals surface area contributed by atoms with Crippen molar-refractivity contribution in [2.45, 2.75) is 0 Å². The van der Waals surface area contributed by atoms with E-state index in [1.807, 2.05) is 0 Å². The van der Waals surface area contributed by atoms with Gasteiger partial charge in [0.05, 0.1) is 49.2 Å². The van der Waals surface area contributed by atoms with Crippen LogP contribution in [0.25, 0.3) is 16.9 Å². The summed E-state index contributed by atoms with van der Waals surface area (Å²) in [6.07, 6.45) is 2.93. The minimum atomic E-state index is -0.843. The molecule has 0 bridgehead atoms. The van der Waals surface area contributed by atoms with Gasteiger partial charge in [0, 0.05) is 11.8 Å². The molecule has 3 aromatic carbocycles. The average molecular weight is 615 g/mol. The Hall–Kier alpha value is -4.70. The SMILES string of the molecule is O=C(c1cccs1)c1cnn2c(-c3ccc(F)c(N(C(=O)c4ccccc4Cl)C(=O)c4ccccc4Cl)c3)ccnc12. The first kappa shape index (κ1) is 27.5. The Labute approximate surface area is 252 Å². The molecule has 0 N–H and O–H groups in total. The fourth-order valence-corrected chi connectivity index (χ4v) is 5.59. The number of ketones is 1. The number of fused-ring (bicyclic) bond motifs is 1. The number of carbonyl (C=O) groups excluding carboxylic acids is 3. The van der Waals surface area contributed by atoms with Gasteiger partial charge in [-0.05, 0) is 60.0 Å². The molecule has 0 saturated heterocycles. The van der Waals surface area contributed by atoms with E-state index in [4.69, 9.17) is 23.2 Å². The molecule has 3 aromatic heterocycles. The number of carbonyl (C=O) groups is 3. The second-order valence-electron chi connectivity index (χ2n) is 9.00. The molecule has 0 unspecified atom stereocenters. The van der Waals surface area contributed by atoms with Gasteiger partial charge in [-0.3, -0.25) is 14.4 Å². The fourth-order valence-electron chi connectivity index (χ4n) is 4.48. The molecule has 2 amide bonds. The third kappa shape index (κ3) is 4.87. The molecule has 0 fully saturated rings. The van der Waals surface area contributed by atoms with Gasteiger partial charge in [-0.25, -0.2) is 18.8 Å². The molecule has 0 aliphatic rings. The van der Waals surface area contributed by atoms with Crippen LogP contribution in [-0.4, -0.2) is 32.2 Å². The van der Waals surface area contributed by atoms with Crippen LogP contribution in [-0.2, 0) is 0 Å². The minimum Gasteiger partial charge on any atom is -0.287 e. The molecule has 0 saturated carbocycles. The molecule has 0 aliphatic heterocycles. The highest BCUT2D eigenvalue weighted by Gasteiger charge is 2.31. The van der Waals surface area contributed by atoms with Crippen LogP contribution in [0.3, 0.4) is 0 Å². The van der Waals surface area contributed by atoms with Crippen LogP contribution >= 0.6 is 34.5 Å². The Balaban J connectivity index is 1.50. The predicted molar refractivity (Wildman–Crippen MR) is 160 cm³/mol. The Morgan fingerprint density at radius 1 is 0.810 bits per heavy atom. The second-order valence-corrected chi connectivity index (χ2v) is 10.8. The zero-order chi connectivity index (χ0) is 29.4. The van der Waals surface area contributed by atoms with Crippen molar-refractivity contribution in [3.63, 3.8) is 0 Å². The predicted octanol–water partition coefficient (Wildman–Crippen LogP) is 7.62. The zero-order valence-corrected chi connectivity index (χ0v) is 23.7. The molecular weight excluding hydrogens is 598 g/mol. The molecule has 0 atom stereocenters. The van der Waals surface area contributed by atoms with Crippen LogP contribution < -0.4 is 4.90 Å². The second kappa shape index (κ2) is 11.3. The summed E-state index contributed by atoms with van der Waals surface area (Å²) in [4.78, 5) is 46.3. The van der Waals surface area contributed by atoms with E-state index < -0.39 is 17.6 Å². The van der Waals surface area contributed by atoms with E-state index >= 15 is 4.39 Å². The van der Waals surface area contributed by atoms with E-state index in [-0.39, 0.29) is 32.6 Å². The highest BCUT2D eigenvalue weighted by molar-refractivity contribution is 7.12. The lowest BCUT2D eigenvalue weighted by Gasteiger charge is -2.23. The van der Waals surface area contributed by atoms with Gasteiger partial charge < -0.3 is 0 Å². The summed E-state index contributed by atoms with van der Waals surface area (Å²) in [6, 6.07) is 21.4. The van der Waals surface area contributed by atoms with Crippen molar-refractivity contribution in [1.29, 1.82) is 0 Å². The molecule has 0 radical (unpaired) electrons. The van der Waals surface area contributed by atoms with Gasteiger partial charge in [0.1, 0.15) is 5.82 Å². The number of thiophene rings is 1. The van der Waals surface area contributed by atoms with Crippen LogP contribution in [0.5, 0.6) is 0 Å². The van der Waals surface area contributed by atoms with E-state index in [1.54, 1.807) is 47.8 Å². The molecule has 11 heteroatoms. The standard InChI is InChI=1S/C31H17Cl2FN4O3S/c32-22-8-3-1-6-19(22)30(40)37(31(41)20-7-2-4-9-23(20)33)26-16-18(11-12-24(26)34)25-13-14-35-29-21(17-36-38(25)29)28(39)27-10-5-15-42-27/h1-17H. The van der Waals surface area contributed by atoms with Crippen LogP contribution in [0, 0.1) is 5.82 Å². The zero-order valence-electron chi connectivity index (χ0n) is 21.4. The normalized spacial score (nSPS) is 11.0. The highest BCUT2D eigenvalue weighted by atomic mass is 35.5. The molecule has 7 nitrogen and oxygen atoms in total. The Kier molecular flexibility index (Phi) is 7.38. The van der Waals surface area contributed by atoms with Crippen molar-refractivity contribution < 1.29 is 18.8 Å². The summed E-state index contributed by atoms with van der Waals surface area (Å²) in [5, 5.41) is 6.35. The largest absolute Gasteiger partial charge is 0.287 e. The van der Waals surface area contributed by atoms with Gasteiger partial charge in [-0.2, -0.15) is 5.10 Å². The first-order chi connectivity index (χ1) is 20.3. The molecule has 3 heterocycles. The third-order valence-corrected chi connectivity index (χ3v) is 8.02. The van der Waals surface area contributed by atoms with Gasteiger partial charge in [0.25, 0.3) is 11.8 Å². The number of nitrogens with zero attached hydrogens (tertiary/aromatic N) is 4. The lowest BCUT2D eigenvalue weighted by molar-refractivity contribution is 0.0895. The lowest BCUT2D eigenvalue weighted by Crippen LogP contribution is -2.38. The van der Waals surface area contributed by atoms with Crippen molar-refractivity contribution >= 4 is 63.5 Å². The summed E-state index contributed by atoms with van der Waals surface area (Å²) >= 11 is 13.9. The molecule has 0 aliphatic carbocycles. The number of anilines is 1. The Morgan fingerprint density at radius 3 is 2.10 bits per heavy atom. The molecule has 206 valence electrons. The average Bonchev–Trinajstić information content (AvgIpc) is 3.69. The number of rotatable bonds is 6. The lowest BCUT2D eigenvalue weighted by atomic mass is 10.1. The molecule has 0 spiro atoms. The number of benzene rings is 3. The topological polar surface area (TPSA) is 84.6 Å². The van der Waals surface area contributed by atoms with Gasteiger partial charge >= 0.3 is 0 Å². The van der Waals surface area contributed by atoms with Crippen molar-refractivity contribution in [3.8, 4) is 11.3 Å². The number of amides is 2. The van der Waals surface area contributed by atoms with Crippen LogP contribution in [0.4, 0.5) is 10.1 Å². The Morgan fingerprint density at radius 2 is 1.48 bits per heavy atom. The summed E-state index contributed by atoms with van der Waals surface area (Å²) in [7, 11) is 0. The van der Waals surface area contributed by atoms with Crippen molar-refractivity contribution in [2.75, 3.05) is 4.90 Å². The van der Waals surface area contributed by atoms with Crippen molar-refractivity contribution in [2.24, 2.45) is 0 Å². The molecular formula is C31H17Cl2FN4O3S. The fraction of sp³-hybridized carbons (Fsp3) is 0. The molecule has 42 heavy (non-hydrogen) atoms. The van der Waals surface area contributed by atoms with Crippen LogP contribution in [0.1, 0.15) is 36.0 Å². The van der Waals surface area contributed by atoms with Gasteiger partial charge in [-0.1, -0.05) is 53.5 Å². The van der Waals surface area contributed by atoms with Gasteiger partial charge in [-0.15, -0.1) is 11.3 Å². The summed E-state index contributed by atoms with van der Waals surface area (Å²) in [6.45, 7) is 0. The summed E-state index contributed by atoms with van der Waals surface area (Å²) in [5.41, 5.74) is 1.12. The van der Waals surface area contributed by atoms with Crippen molar-refractivity contribution in [1.82, 2.24) is 14.6 Å². The minimum absolute atomic E-state index is 0.000479. The van der Waals surface area contributed by atoms with Crippen LogP contribution in [0.2, 0.25) is 10.0 Å². The van der Waals surface area contributed by atoms with E-state index in [0.29, 0.717) is 32.2 Å². The summed E-state index contributed by atoms with van der Waals surface area (Å²) < 4.78 is 17.0. The smallest absolute Gasteiger partial charge is 0.266 e. The molecule has 6 aromatic rings. The number of hydrogen-bond donors (Lipinski definition) is 0. The van der Waals surface area contributed by atoms with E-state index in [1.165, 1.54) is 64.6 Å². The number of aromatic nitrogens is 3. The number of halogens is 3. The van der Waals surface area contributed by atoms with Gasteiger partial charge in [0.2, 0.25) is 5.78 Å². The quantitative estimate of drug-likeness (QED) is 0.142. The van der Waals surface area contributed by atoms with Crippen LogP contribution in [0.15, 0.2) is 103 Å². The third-order valence-electron chi connectivity index (χ3n) is 6.49. The maximum absolute atomic E-state index is 15.6. The van der Waals surface area contributed by atoms with Crippen molar-refractivity contribution in [3.05, 3.63) is 140 Å². The van der Waals surface area contributed by atoms with E-state index in [9.17, 15) is 14.4 Å². The maximum Gasteiger partial charge on any atom is 0.266 e. The highest BCUT2D eigenvalue weighted by Crippen LogP contribution is 2.32. The number of imide groups is 1. The van der Waals surface area contributed by atoms with E-state index in [0.717, 1.165) is 6.07 Å².